The topological polar surface area (TPSA) is 54.4 Å². The van der Waals surface area contributed by atoms with E-state index in [4.69, 9.17) is 4.74 Å². The second-order valence-corrected chi connectivity index (χ2v) is 9.02. The molecule has 0 saturated carbocycles. The second-order valence-electron chi connectivity index (χ2n) is 7.91. The Morgan fingerprint density at radius 3 is 2.57 bits per heavy atom. The van der Waals surface area contributed by atoms with Gasteiger partial charge in [0.15, 0.2) is 0 Å². The number of aliphatic hydroxyl groups is 1. The minimum atomic E-state index is -0.837. The van der Waals surface area contributed by atoms with E-state index in [1.54, 1.807) is 13.8 Å². The summed E-state index contributed by atoms with van der Waals surface area (Å²) in [5, 5.41) is 14.4. The van der Waals surface area contributed by atoms with Gasteiger partial charge in [0.1, 0.15) is 12.4 Å². The molecule has 0 amide bonds. The van der Waals surface area contributed by atoms with Gasteiger partial charge < -0.3 is 15.2 Å². The van der Waals surface area contributed by atoms with E-state index in [2.05, 4.69) is 22.4 Å². The quantitative estimate of drug-likeness (QED) is 0.612. The number of halogens is 1. The molecule has 0 bridgehead atoms. The summed E-state index contributed by atoms with van der Waals surface area (Å²) in [4.78, 5) is 6.15. The second kappa shape index (κ2) is 8.78. The fraction of sp³-hybridized carbons (Fsp3) is 0.409. The molecule has 4 nitrogen and oxygen atoms in total. The standard InChI is InChI=1S/C22H26N2O2S.ClH/c1-22(2,25)14-26-18-5-3-15(4-6-18)19-12-21-17(13-24-19)11-20(27-21)16-7-9-23-10-8-16;/h3-6,11-13,16,23,25H,7-10,14H2,1-2H3;1H. The molecule has 0 unspecified atom stereocenters. The lowest BCUT2D eigenvalue weighted by atomic mass is 9.96. The average molecular weight is 419 g/mol. The van der Waals surface area contributed by atoms with Crippen LogP contribution < -0.4 is 10.1 Å². The van der Waals surface area contributed by atoms with Crippen LogP contribution in [0.25, 0.3) is 21.3 Å². The summed E-state index contributed by atoms with van der Waals surface area (Å²) in [6.07, 6.45) is 4.43. The highest BCUT2D eigenvalue weighted by Gasteiger charge is 2.18. The predicted octanol–water partition coefficient (Wildman–Crippen LogP) is 5.00. The molecule has 3 aromatic rings. The molecule has 150 valence electrons. The summed E-state index contributed by atoms with van der Waals surface area (Å²) in [7, 11) is 0. The molecule has 0 atom stereocenters. The molecule has 0 aliphatic carbocycles. The fourth-order valence-corrected chi connectivity index (χ4v) is 4.64. The van der Waals surface area contributed by atoms with Gasteiger partial charge in [-0.1, -0.05) is 0 Å². The Kier molecular flexibility index (Phi) is 6.61. The third-order valence-corrected chi connectivity index (χ3v) is 6.16. The summed E-state index contributed by atoms with van der Waals surface area (Å²) in [5.74, 6) is 1.44. The summed E-state index contributed by atoms with van der Waals surface area (Å²) in [5.41, 5.74) is 1.22. The van der Waals surface area contributed by atoms with Crippen LogP contribution in [0.4, 0.5) is 0 Å². The number of ether oxygens (including phenoxy) is 1. The normalized spacial score (nSPS) is 15.4. The molecule has 2 aromatic heterocycles. The molecule has 1 saturated heterocycles. The van der Waals surface area contributed by atoms with Gasteiger partial charge in [-0.05, 0) is 82.1 Å². The lowest BCUT2D eigenvalue weighted by molar-refractivity contribution is 0.0285. The number of benzene rings is 1. The van der Waals surface area contributed by atoms with Gasteiger partial charge in [-0.3, -0.25) is 4.98 Å². The minimum absolute atomic E-state index is 0. The van der Waals surface area contributed by atoms with Crippen molar-refractivity contribution in [3.05, 3.63) is 47.5 Å². The van der Waals surface area contributed by atoms with Crippen molar-refractivity contribution in [1.29, 1.82) is 0 Å². The number of piperidine rings is 1. The zero-order chi connectivity index (χ0) is 18.9. The molecule has 4 rings (SSSR count). The number of aromatic nitrogens is 1. The highest BCUT2D eigenvalue weighted by molar-refractivity contribution is 7.19. The zero-order valence-electron chi connectivity index (χ0n) is 16.3. The third kappa shape index (κ3) is 5.03. The van der Waals surface area contributed by atoms with Crippen LogP contribution in [-0.4, -0.2) is 35.4 Å². The monoisotopic (exact) mass is 418 g/mol. The predicted molar refractivity (Wildman–Crippen MR) is 119 cm³/mol. The first-order valence-corrected chi connectivity index (χ1v) is 10.4. The van der Waals surface area contributed by atoms with E-state index in [0.717, 1.165) is 30.1 Å². The van der Waals surface area contributed by atoms with Crippen LogP contribution in [0.3, 0.4) is 0 Å². The maximum Gasteiger partial charge on any atom is 0.119 e. The highest BCUT2D eigenvalue weighted by Crippen LogP contribution is 2.36. The van der Waals surface area contributed by atoms with Crippen molar-refractivity contribution < 1.29 is 9.84 Å². The van der Waals surface area contributed by atoms with Gasteiger partial charge in [-0.25, -0.2) is 0 Å². The van der Waals surface area contributed by atoms with Crippen molar-refractivity contribution in [2.75, 3.05) is 19.7 Å². The van der Waals surface area contributed by atoms with Crippen molar-refractivity contribution in [3.63, 3.8) is 0 Å². The molecule has 1 aromatic carbocycles. The van der Waals surface area contributed by atoms with E-state index >= 15 is 0 Å². The maximum atomic E-state index is 9.77. The molecule has 2 N–H and O–H groups in total. The Hall–Kier alpha value is -1.66. The van der Waals surface area contributed by atoms with Crippen LogP contribution in [0.1, 0.15) is 37.5 Å². The van der Waals surface area contributed by atoms with Crippen LogP contribution in [0.5, 0.6) is 5.75 Å². The number of pyridine rings is 1. The molecule has 0 radical (unpaired) electrons. The number of rotatable bonds is 5. The van der Waals surface area contributed by atoms with Gasteiger partial charge in [0.05, 0.1) is 11.3 Å². The van der Waals surface area contributed by atoms with Crippen LogP contribution in [0.15, 0.2) is 42.6 Å². The van der Waals surface area contributed by atoms with E-state index in [-0.39, 0.29) is 19.0 Å². The van der Waals surface area contributed by atoms with Crippen molar-refractivity contribution in [2.24, 2.45) is 0 Å². The fourth-order valence-electron chi connectivity index (χ4n) is 3.40. The molecule has 1 aliphatic heterocycles. The lowest BCUT2D eigenvalue weighted by Gasteiger charge is -2.21. The molecule has 6 heteroatoms. The Morgan fingerprint density at radius 1 is 1.18 bits per heavy atom. The summed E-state index contributed by atoms with van der Waals surface area (Å²) in [6.45, 7) is 5.97. The van der Waals surface area contributed by atoms with E-state index in [1.165, 1.54) is 27.8 Å². The smallest absolute Gasteiger partial charge is 0.119 e. The number of hydrogen-bond acceptors (Lipinski definition) is 5. The molecule has 0 spiro atoms. The van der Waals surface area contributed by atoms with E-state index in [0.29, 0.717) is 5.92 Å². The molecular weight excluding hydrogens is 392 g/mol. The average Bonchev–Trinajstić information content (AvgIpc) is 3.10. The molecule has 1 aliphatic rings. The molecular formula is C22H27ClN2O2S. The first-order valence-electron chi connectivity index (χ1n) is 9.54. The Labute approximate surface area is 176 Å². The Balaban J connectivity index is 0.00000225. The van der Waals surface area contributed by atoms with Crippen molar-refractivity contribution in [2.45, 2.75) is 38.2 Å². The number of nitrogens with zero attached hydrogens (tertiary/aromatic N) is 1. The lowest BCUT2D eigenvalue weighted by Crippen LogP contribution is -2.27. The van der Waals surface area contributed by atoms with Gasteiger partial charge in [0, 0.05) is 26.7 Å². The van der Waals surface area contributed by atoms with Crippen molar-refractivity contribution in [1.82, 2.24) is 10.3 Å². The number of hydrogen-bond donors (Lipinski definition) is 2. The summed E-state index contributed by atoms with van der Waals surface area (Å²) >= 11 is 1.91. The van der Waals surface area contributed by atoms with Gasteiger partial charge in [-0.15, -0.1) is 23.7 Å². The molecule has 28 heavy (non-hydrogen) atoms. The Bertz CT molecular complexity index is 912. The van der Waals surface area contributed by atoms with Crippen molar-refractivity contribution in [3.8, 4) is 17.0 Å². The molecule has 3 heterocycles. The SMILES string of the molecule is CC(C)(O)COc1ccc(-c2cc3sc(C4CCNCC4)cc3cn2)cc1.Cl. The van der Waals surface area contributed by atoms with E-state index in [9.17, 15) is 5.11 Å². The van der Waals surface area contributed by atoms with E-state index < -0.39 is 5.60 Å². The summed E-state index contributed by atoms with van der Waals surface area (Å²) in [6, 6.07) is 12.4. The van der Waals surface area contributed by atoms with Gasteiger partial charge >= 0.3 is 0 Å². The van der Waals surface area contributed by atoms with E-state index in [1.807, 2.05) is 41.8 Å². The summed E-state index contributed by atoms with van der Waals surface area (Å²) < 4.78 is 6.93. The van der Waals surface area contributed by atoms with Gasteiger partial charge in [-0.2, -0.15) is 0 Å². The number of fused-ring (bicyclic) bond motifs is 1. The molecule has 1 fully saturated rings. The van der Waals surface area contributed by atoms with Crippen LogP contribution in [0.2, 0.25) is 0 Å². The van der Waals surface area contributed by atoms with Crippen molar-refractivity contribution >= 4 is 33.8 Å². The Morgan fingerprint density at radius 2 is 1.89 bits per heavy atom. The van der Waals surface area contributed by atoms with Crippen LogP contribution in [-0.2, 0) is 0 Å². The zero-order valence-corrected chi connectivity index (χ0v) is 17.9. The minimum Gasteiger partial charge on any atom is -0.491 e. The van der Waals surface area contributed by atoms with Crippen LogP contribution >= 0.6 is 23.7 Å². The third-order valence-electron chi connectivity index (χ3n) is 4.90. The van der Waals surface area contributed by atoms with Gasteiger partial charge in [0.2, 0.25) is 0 Å². The maximum absolute atomic E-state index is 9.77. The highest BCUT2D eigenvalue weighted by atomic mass is 35.5. The van der Waals surface area contributed by atoms with Gasteiger partial charge in [0.25, 0.3) is 0 Å². The number of nitrogens with one attached hydrogen (secondary N) is 1. The largest absolute Gasteiger partial charge is 0.491 e. The first-order chi connectivity index (χ1) is 13.0. The number of thiophene rings is 1. The first kappa shape index (κ1) is 21.1. The van der Waals surface area contributed by atoms with Crippen LogP contribution in [0, 0.1) is 0 Å².